The Kier molecular flexibility index (Phi) is 12.7. The standard InChI is InChI=1S/C37H43Cl2F2N3O7S/c1-52(46,47)44(16-15-43-13-3-2-4-14-43)31-11-9-27(18-34(31)48-22-24-5-6-24)36(45)50-33(19-28-29(38)20-42-21-30(28)39)26-10-12-32(51-37(40)41)35(17-26)49-23-25-7-8-25/h9-12,17-18,20-21,24-25,33,37H,2-8,13-16,19,22-23H2,1H3/t33-/m0/s1. The zero-order valence-corrected chi connectivity index (χ0v) is 31.3. The lowest BCUT2D eigenvalue weighted by atomic mass is 10.0. The lowest BCUT2D eigenvalue weighted by Gasteiger charge is -2.30. The predicted molar refractivity (Wildman–Crippen MR) is 195 cm³/mol. The van der Waals surface area contributed by atoms with E-state index in [4.69, 9.17) is 42.1 Å². The number of hydrogen-bond donors (Lipinski definition) is 0. The van der Waals surface area contributed by atoms with Crippen LogP contribution in [0.15, 0.2) is 48.8 Å². The van der Waals surface area contributed by atoms with Gasteiger partial charge in [0, 0.05) is 31.9 Å². The van der Waals surface area contributed by atoms with Gasteiger partial charge in [-0.2, -0.15) is 8.78 Å². The monoisotopic (exact) mass is 781 g/mol. The SMILES string of the molecule is CS(=O)(=O)N(CCN1CCCCC1)c1ccc(C(=O)O[C@@H](Cc2c(Cl)cncc2Cl)c2ccc(OC(F)F)c(OCC3CC3)c2)cc1OCC1CC1. The molecular formula is C37H43Cl2F2N3O7S. The fourth-order valence-corrected chi connectivity index (χ4v) is 7.54. The van der Waals surface area contributed by atoms with Gasteiger partial charge in [-0.15, -0.1) is 0 Å². The molecule has 1 saturated heterocycles. The molecule has 0 amide bonds. The number of carbonyl (C=O) groups excluding carboxylic acids is 1. The van der Waals surface area contributed by atoms with E-state index in [2.05, 4.69) is 9.88 Å². The molecular weight excluding hydrogens is 739 g/mol. The number of carbonyl (C=O) groups is 1. The maximum Gasteiger partial charge on any atom is 0.387 e. The molecule has 0 unspecified atom stereocenters. The third-order valence-electron chi connectivity index (χ3n) is 9.42. The number of pyridine rings is 1. The summed E-state index contributed by atoms with van der Waals surface area (Å²) in [5.74, 6) is 0.148. The molecule has 1 atom stereocenters. The molecule has 3 aliphatic rings. The van der Waals surface area contributed by atoms with Crippen molar-refractivity contribution in [1.82, 2.24) is 9.88 Å². The van der Waals surface area contributed by atoms with Gasteiger partial charge in [-0.05, 0) is 105 Å². The van der Waals surface area contributed by atoms with Crippen LogP contribution in [0.2, 0.25) is 10.0 Å². The molecule has 10 nitrogen and oxygen atoms in total. The Morgan fingerprint density at radius 1 is 0.923 bits per heavy atom. The van der Waals surface area contributed by atoms with Gasteiger partial charge in [-0.1, -0.05) is 35.7 Å². The summed E-state index contributed by atoms with van der Waals surface area (Å²) in [4.78, 5) is 20.2. The summed E-state index contributed by atoms with van der Waals surface area (Å²) >= 11 is 13.0. The van der Waals surface area contributed by atoms with Crippen molar-refractivity contribution >= 4 is 44.9 Å². The molecule has 3 fully saturated rings. The summed E-state index contributed by atoms with van der Waals surface area (Å²) in [5, 5.41) is 0.504. The van der Waals surface area contributed by atoms with E-state index in [0.717, 1.165) is 57.9 Å². The summed E-state index contributed by atoms with van der Waals surface area (Å²) in [6.07, 6.45) is 10.3. The number of alkyl halides is 2. The summed E-state index contributed by atoms with van der Waals surface area (Å²) in [7, 11) is -3.71. The highest BCUT2D eigenvalue weighted by atomic mass is 35.5. The number of likely N-dealkylation sites (tertiary alicyclic amines) is 1. The Hall–Kier alpha value is -3.39. The predicted octanol–water partition coefficient (Wildman–Crippen LogP) is 7.96. The topological polar surface area (TPSA) is 108 Å². The van der Waals surface area contributed by atoms with Crippen LogP contribution in [-0.2, 0) is 21.2 Å². The number of ether oxygens (including phenoxy) is 4. The average molecular weight is 783 g/mol. The highest BCUT2D eigenvalue weighted by molar-refractivity contribution is 7.92. The van der Waals surface area contributed by atoms with Crippen molar-refractivity contribution < 1.29 is 40.9 Å². The third kappa shape index (κ3) is 10.6. The Bertz CT molecular complexity index is 1800. The number of hydrogen-bond acceptors (Lipinski definition) is 9. The van der Waals surface area contributed by atoms with E-state index < -0.39 is 28.7 Å². The number of esters is 1. The number of aromatic nitrogens is 1. The fraction of sp³-hybridized carbons (Fsp3) is 0.514. The van der Waals surface area contributed by atoms with Gasteiger partial charge in [0.2, 0.25) is 10.0 Å². The summed E-state index contributed by atoms with van der Waals surface area (Å²) in [6.45, 7) is 0.269. The molecule has 0 N–H and O–H groups in total. The minimum atomic E-state index is -3.71. The van der Waals surface area contributed by atoms with Gasteiger partial charge in [0.1, 0.15) is 11.9 Å². The normalized spacial score (nSPS) is 17.1. The van der Waals surface area contributed by atoms with Gasteiger partial charge in [-0.25, -0.2) is 13.2 Å². The second-order valence-corrected chi connectivity index (χ2v) is 16.4. The second kappa shape index (κ2) is 17.2. The van der Waals surface area contributed by atoms with Crippen LogP contribution in [0.4, 0.5) is 14.5 Å². The van der Waals surface area contributed by atoms with E-state index in [-0.39, 0.29) is 45.8 Å². The lowest BCUT2D eigenvalue weighted by Crippen LogP contribution is -2.40. The molecule has 0 radical (unpaired) electrons. The van der Waals surface area contributed by atoms with E-state index in [1.165, 1.54) is 53.5 Å². The molecule has 6 rings (SSSR count). The number of sulfonamides is 1. The summed E-state index contributed by atoms with van der Waals surface area (Å²) < 4.78 is 77.1. The molecule has 1 aromatic heterocycles. The molecule has 0 spiro atoms. The smallest absolute Gasteiger partial charge is 0.387 e. The highest BCUT2D eigenvalue weighted by Crippen LogP contribution is 2.39. The maximum absolute atomic E-state index is 14.0. The first-order valence-electron chi connectivity index (χ1n) is 17.6. The van der Waals surface area contributed by atoms with Crippen molar-refractivity contribution in [2.24, 2.45) is 11.8 Å². The van der Waals surface area contributed by atoms with Crippen LogP contribution in [0.1, 0.15) is 72.5 Å². The van der Waals surface area contributed by atoms with Gasteiger partial charge in [-0.3, -0.25) is 9.29 Å². The van der Waals surface area contributed by atoms with E-state index in [9.17, 15) is 22.0 Å². The van der Waals surface area contributed by atoms with Crippen molar-refractivity contribution in [3.8, 4) is 17.2 Å². The maximum atomic E-state index is 14.0. The van der Waals surface area contributed by atoms with Crippen molar-refractivity contribution in [3.05, 3.63) is 75.5 Å². The molecule has 1 aliphatic heterocycles. The first kappa shape index (κ1) is 38.3. The number of benzene rings is 2. The number of halogens is 4. The molecule has 15 heteroatoms. The number of nitrogens with zero attached hydrogens (tertiary/aromatic N) is 3. The molecule has 2 aromatic carbocycles. The number of piperidine rings is 1. The van der Waals surface area contributed by atoms with Crippen molar-refractivity contribution in [1.29, 1.82) is 0 Å². The Morgan fingerprint density at radius 2 is 1.58 bits per heavy atom. The molecule has 2 saturated carbocycles. The van der Waals surface area contributed by atoms with Crippen LogP contribution in [0.25, 0.3) is 0 Å². The van der Waals surface area contributed by atoms with Crippen LogP contribution >= 0.6 is 23.2 Å². The minimum absolute atomic E-state index is 0.0184. The molecule has 2 heterocycles. The zero-order valence-electron chi connectivity index (χ0n) is 28.9. The molecule has 282 valence electrons. The molecule has 3 aromatic rings. The minimum Gasteiger partial charge on any atom is -0.491 e. The van der Waals surface area contributed by atoms with Gasteiger partial charge in [0.15, 0.2) is 11.5 Å². The van der Waals surface area contributed by atoms with Gasteiger partial charge >= 0.3 is 12.6 Å². The van der Waals surface area contributed by atoms with E-state index in [1.54, 1.807) is 6.07 Å². The van der Waals surface area contributed by atoms with Crippen LogP contribution in [-0.4, -0.2) is 76.5 Å². The van der Waals surface area contributed by atoms with Crippen LogP contribution < -0.4 is 18.5 Å². The Balaban J connectivity index is 1.30. The van der Waals surface area contributed by atoms with Crippen molar-refractivity contribution in [2.75, 3.05) is 50.0 Å². The first-order chi connectivity index (χ1) is 24.9. The Labute approximate surface area is 313 Å². The van der Waals surface area contributed by atoms with Crippen LogP contribution in [0, 0.1) is 11.8 Å². The van der Waals surface area contributed by atoms with Gasteiger partial charge in [0.25, 0.3) is 0 Å². The van der Waals surface area contributed by atoms with Crippen molar-refractivity contribution in [2.45, 2.75) is 64.1 Å². The lowest BCUT2D eigenvalue weighted by molar-refractivity contribution is -0.0515. The van der Waals surface area contributed by atoms with Crippen LogP contribution in [0.3, 0.4) is 0 Å². The third-order valence-corrected chi connectivity index (χ3v) is 11.3. The van der Waals surface area contributed by atoms with Gasteiger partial charge in [0.05, 0.1) is 40.8 Å². The number of anilines is 1. The molecule has 0 bridgehead atoms. The molecule has 2 aliphatic carbocycles. The van der Waals surface area contributed by atoms with Crippen LogP contribution in [0.5, 0.6) is 17.2 Å². The zero-order chi connectivity index (χ0) is 36.8. The molecule has 52 heavy (non-hydrogen) atoms. The summed E-state index contributed by atoms with van der Waals surface area (Å²) in [6, 6.07) is 8.97. The first-order valence-corrected chi connectivity index (χ1v) is 20.2. The summed E-state index contributed by atoms with van der Waals surface area (Å²) in [5.41, 5.74) is 1.35. The second-order valence-electron chi connectivity index (χ2n) is 13.7. The Morgan fingerprint density at radius 3 is 2.19 bits per heavy atom. The van der Waals surface area contributed by atoms with Gasteiger partial charge < -0.3 is 23.8 Å². The highest BCUT2D eigenvalue weighted by Gasteiger charge is 2.29. The van der Waals surface area contributed by atoms with Crippen molar-refractivity contribution in [3.63, 3.8) is 0 Å². The number of rotatable bonds is 18. The van der Waals surface area contributed by atoms with E-state index >= 15 is 0 Å². The van der Waals surface area contributed by atoms with E-state index in [1.807, 2.05) is 0 Å². The average Bonchev–Trinajstić information content (AvgIpc) is 4.04. The quantitative estimate of drug-likeness (QED) is 0.119. The largest absolute Gasteiger partial charge is 0.491 e. The fourth-order valence-electron chi connectivity index (χ4n) is 6.10. The van der Waals surface area contributed by atoms with E-state index in [0.29, 0.717) is 48.4 Å².